The zero-order chi connectivity index (χ0) is 11.5. The normalized spacial score (nSPS) is 15.8. The number of carbonyl (C=O) groups is 1. The number of esters is 1. The van der Waals surface area contributed by atoms with E-state index < -0.39 is 0 Å². The Morgan fingerprint density at radius 2 is 2.56 bits per heavy atom. The summed E-state index contributed by atoms with van der Waals surface area (Å²) in [6.45, 7) is 2.16. The molecule has 0 unspecified atom stereocenters. The van der Waals surface area contributed by atoms with Crippen LogP contribution in [0.2, 0.25) is 0 Å². The fraction of sp³-hybridized carbons (Fsp3) is 0.200. The van der Waals surface area contributed by atoms with Crippen molar-refractivity contribution in [1.29, 1.82) is 0 Å². The van der Waals surface area contributed by atoms with E-state index in [1.807, 2.05) is 6.07 Å². The van der Waals surface area contributed by atoms with Crippen LogP contribution in [0.25, 0.3) is 0 Å². The summed E-state index contributed by atoms with van der Waals surface area (Å²) in [5.74, 6) is 0.424. The van der Waals surface area contributed by atoms with Gasteiger partial charge in [-0.1, -0.05) is 11.8 Å². The van der Waals surface area contributed by atoms with Crippen molar-refractivity contribution in [3.8, 4) is 0 Å². The number of nitrogens with zero attached hydrogens (tertiary/aromatic N) is 1. The summed E-state index contributed by atoms with van der Waals surface area (Å²) in [5, 5.41) is 3.78. The van der Waals surface area contributed by atoms with E-state index in [1.165, 1.54) is 17.8 Å². The van der Waals surface area contributed by atoms with Gasteiger partial charge in [-0.2, -0.15) is 0 Å². The van der Waals surface area contributed by atoms with Crippen molar-refractivity contribution in [2.24, 2.45) is 0 Å². The molecule has 0 saturated carbocycles. The average molecular weight is 301 g/mol. The summed E-state index contributed by atoms with van der Waals surface area (Å²) in [4.78, 5) is 16.4. The van der Waals surface area contributed by atoms with E-state index in [0.29, 0.717) is 6.61 Å². The van der Waals surface area contributed by atoms with Gasteiger partial charge in [0.25, 0.3) is 0 Å². The summed E-state index contributed by atoms with van der Waals surface area (Å²) < 4.78 is 5.74. The van der Waals surface area contributed by atoms with E-state index in [-0.39, 0.29) is 5.97 Å². The number of ether oxygens (including phenoxy) is 1. The first-order valence-corrected chi connectivity index (χ1v) is 6.29. The second-order valence-corrected chi connectivity index (χ2v) is 4.99. The van der Waals surface area contributed by atoms with Crippen molar-refractivity contribution in [3.05, 3.63) is 27.8 Å². The van der Waals surface area contributed by atoms with Crippen molar-refractivity contribution < 1.29 is 9.53 Å². The number of anilines is 1. The monoisotopic (exact) mass is 300 g/mol. The van der Waals surface area contributed by atoms with Crippen LogP contribution in [0.4, 0.5) is 5.82 Å². The Labute approximate surface area is 106 Å². The lowest BCUT2D eigenvalue weighted by atomic mass is 10.4. The van der Waals surface area contributed by atoms with Crippen LogP contribution in [-0.2, 0) is 9.53 Å². The highest BCUT2D eigenvalue weighted by atomic mass is 79.9. The Bertz CT molecular complexity index is 462. The number of halogens is 1. The molecular weight excluding hydrogens is 292 g/mol. The molecule has 0 radical (unpaired) electrons. The molecule has 0 saturated heterocycles. The number of aromatic nitrogens is 1. The van der Waals surface area contributed by atoms with Crippen molar-refractivity contribution in [2.75, 3.05) is 11.9 Å². The molecule has 0 spiro atoms. The van der Waals surface area contributed by atoms with Gasteiger partial charge in [-0.15, -0.1) is 0 Å². The number of hydrogen-bond donors (Lipinski definition) is 1. The first-order chi connectivity index (χ1) is 7.69. The van der Waals surface area contributed by atoms with Gasteiger partial charge < -0.3 is 10.1 Å². The van der Waals surface area contributed by atoms with Gasteiger partial charge in [-0.3, -0.25) is 0 Å². The van der Waals surface area contributed by atoms with Crippen LogP contribution in [0.5, 0.6) is 0 Å². The van der Waals surface area contributed by atoms with Crippen molar-refractivity contribution in [1.82, 2.24) is 4.98 Å². The summed E-state index contributed by atoms with van der Waals surface area (Å²) in [7, 11) is 0. The number of rotatable bonds is 2. The van der Waals surface area contributed by atoms with Crippen LogP contribution in [0, 0.1) is 0 Å². The zero-order valence-corrected chi connectivity index (χ0v) is 10.9. The molecular formula is C10H9BrN2O2S. The number of fused-ring (bicyclic) bond motifs is 1. The van der Waals surface area contributed by atoms with E-state index in [0.717, 1.165) is 20.2 Å². The summed E-state index contributed by atoms with van der Waals surface area (Å²) >= 11 is 4.81. The maximum absolute atomic E-state index is 11.2. The van der Waals surface area contributed by atoms with Crippen LogP contribution in [0.15, 0.2) is 32.7 Å². The zero-order valence-electron chi connectivity index (χ0n) is 8.49. The first kappa shape index (κ1) is 11.5. The van der Waals surface area contributed by atoms with E-state index in [1.54, 1.807) is 13.1 Å². The van der Waals surface area contributed by atoms with Crippen LogP contribution < -0.4 is 5.32 Å². The second kappa shape index (κ2) is 4.88. The number of thioether (sulfide) groups is 1. The van der Waals surface area contributed by atoms with Crippen LogP contribution >= 0.6 is 27.7 Å². The smallest absolute Gasteiger partial charge is 0.333 e. The van der Waals surface area contributed by atoms with Gasteiger partial charge in [0.15, 0.2) is 0 Å². The molecule has 84 valence electrons. The van der Waals surface area contributed by atoms with Gasteiger partial charge >= 0.3 is 5.97 Å². The molecule has 0 aromatic carbocycles. The Hall–Kier alpha value is -1.01. The molecule has 1 aliphatic heterocycles. The maximum atomic E-state index is 11.2. The Morgan fingerprint density at radius 3 is 3.31 bits per heavy atom. The van der Waals surface area contributed by atoms with E-state index >= 15 is 0 Å². The molecule has 0 aliphatic carbocycles. The van der Waals surface area contributed by atoms with Gasteiger partial charge in [0, 0.05) is 10.7 Å². The third-order valence-corrected chi connectivity index (χ3v) is 3.22. The van der Waals surface area contributed by atoms with Gasteiger partial charge in [-0.25, -0.2) is 9.78 Å². The third-order valence-electron chi connectivity index (χ3n) is 1.82. The molecule has 16 heavy (non-hydrogen) atoms. The third kappa shape index (κ3) is 2.56. The molecule has 1 aromatic rings. The lowest BCUT2D eigenvalue weighted by molar-refractivity contribution is -0.137. The number of hydrogen-bond acceptors (Lipinski definition) is 5. The molecule has 2 heterocycles. The van der Waals surface area contributed by atoms with E-state index in [4.69, 9.17) is 4.74 Å². The average Bonchev–Trinajstić information content (AvgIpc) is 2.59. The minimum Gasteiger partial charge on any atom is -0.463 e. The SMILES string of the molecule is CCOC(=O)/C=C1\Nc2ncc(Br)cc2S1. The quantitative estimate of drug-likeness (QED) is 0.672. The van der Waals surface area contributed by atoms with Crippen LogP contribution in [0.3, 0.4) is 0 Å². The minimum absolute atomic E-state index is 0.343. The molecule has 2 rings (SSSR count). The Morgan fingerprint density at radius 1 is 1.75 bits per heavy atom. The standard InChI is InChI=1S/C10H9BrN2O2S/c1-2-15-9(14)4-8-13-10-7(16-8)3-6(11)5-12-10/h3-5H,2H2,1H3,(H,12,13)/b8-4+. The van der Waals surface area contributed by atoms with Crippen molar-refractivity contribution in [2.45, 2.75) is 11.8 Å². The highest BCUT2D eigenvalue weighted by Gasteiger charge is 2.18. The fourth-order valence-corrected chi connectivity index (χ4v) is 2.62. The van der Waals surface area contributed by atoms with Crippen molar-refractivity contribution in [3.63, 3.8) is 0 Å². The van der Waals surface area contributed by atoms with E-state index in [2.05, 4.69) is 26.2 Å². The molecule has 1 N–H and O–H groups in total. The number of nitrogens with one attached hydrogen (secondary N) is 1. The predicted octanol–water partition coefficient (Wildman–Crippen LogP) is 2.77. The van der Waals surface area contributed by atoms with Gasteiger partial charge in [-0.05, 0) is 28.9 Å². The molecule has 1 aromatic heterocycles. The van der Waals surface area contributed by atoms with Crippen molar-refractivity contribution >= 4 is 39.5 Å². The van der Waals surface area contributed by atoms with E-state index in [9.17, 15) is 4.79 Å². The first-order valence-electron chi connectivity index (χ1n) is 4.68. The second-order valence-electron chi connectivity index (χ2n) is 2.99. The Balaban J connectivity index is 2.13. The molecule has 4 nitrogen and oxygen atoms in total. The molecule has 0 amide bonds. The van der Waals surface area contributed by atoms with Gasteiger partial charge in [0.1, 0.15) is 5.82 Å². The lowest BCUT2D eigenvalue weighted by Gasteiger charge is -1.98. The van der Waals surface area contributed by atoms with Gasteiger partial charge in [0.05, 0.1) is 22.6 Å². The summed E-state index contributed by atoms with van der Waals surface area (Å²) in [6.07, 6.45) is 3.14. The molecule has 0 atom stereocenters. The minimum atomic E-state index is -0.343. The number of pyridine rings is 1. The summed E-state index contributed by atoms with van der Waals surface area (Å²) in [5.41, 5.74) is 0. The topological polar surface area (TPSA) is 51.2 Å². The molecule has 6 heteroatoms. The van der Waals surface area contributed by atoms with Crippen LogP contribution in [0.1, 0.15) is 6.92 Å². The molecule has 1 aliphatic rings. The summed E-state index contributed by atoms with van der Waals surface area (Å²) in [6, 6.07) is 1.95. The lowest BCUT2D eigenvalue weighted by Crippen LogP contribution is -2.02. The largest absolute Gasteiger partial charge is 0.463 e. The highest BCUT2D eigenvalue weighted by Crippen LogP contribution is 2.40. The van der Waals surface area contributed by atoms with Crippen LogP contribution in [-0.4, -0.2) is 17.6 Å². The number of carbonyl (C=O) groups excluding carboxylic acids is 1. The van der Waals surface area contributed by atoms with Gasteiger partial charge in [0.2, 0.25) is 0 Å². The fourth-order valence-electron chi connectivity index (χ4n) is 1.21. The molecule has 0 bridgehead atoms. The molecule has 0 fully saturated rings. The maximum Gasteiger partial charge on any atom is 0.333 e. The predicted molar refractivity (Wildman–Crippen MR) is 66.1 cm³/mol. The Kier molecular flexibility index (Phi) is 3.50. The highest BCUT2D eigenvalue weighted by molar-refractivity contribution is 9.10.